The average molecular weight is 357 g/mol. The van der Waals surface area contributed by atoms with Crippen LogP contribution in [0.5, 0.6) is 11.5 Å². The number of aromatic hydroxyl groups is 2. The van der Waals surface area contributed by atoms with Gasteiger partial charge in [0.1, 0.15) is 11.5 Å². The Kier molecular flexibility index (Phi) is 6.97. The highest BCUT2D eigenvalue weighted by atomic mass is 16.3. The van der Waals surface area contributed by atoms with Crippen molar-refractivity contribution in [2.45, 2.75) is 52.1 Å². The number of rotatable bonds is 7. The first-order chi connectivity index (χ1) is 12.5. The van der Waals surface area contributed by atoms with Gasteiger partial charge < -0.3 is 10.2 Å². The van der Waals surface area contributed by atoms with Crippen LogP contribution in [0.1, 0.15) is 44.2 Å². The molecule has 1 aliphatic rings. The highest BCUT2D eigenvalue weighted by Gasteiger charge is 2.20. The minimum absolute atomic E-state index is 0.0237. The van der Waals surface area contributed by atoms with Crippen molar-refractivity contribution < 1.29 is 15.0 Å². The maximum absolute atomic E-state index is 12.5. The molecule has 0 bridgehead atoms. The van der Waals surface area contributed by atoms with Crippen LogP contribution in [-0.4, -0.2) is 33.9 Å². The van der Waals surface area contributed by atoms with Crippen LogP contribution < -0.4 is 10.7 Å². The highest BCUT2D eigenvalue weighted by Crippen LogP contribution is 2.30. The molecule has 1 aliphatic carbocycles. The number of allylic oxidation sites excluding steroid dienone is 2. The lowest BCUT2D eigenvalue weighted by atomic mass is 10.0. The molecular weight excluding hydrogens is 330 g/mol. The number of phenolic OH excluding ortho intramolecular Hbond substituents is 2. The Bertz CT molecular complexity index is 738. The summed E-state index contributed by atoms with van der Waals surface area (Å²) in [6, 6.07) is 2.89. The van der Waals surface area contributed by atoms with Crippen LogP contribution in [0.25, 0.3) is 0 Å². The Morgan fingerprint density at radius 1 is 1.31 bits per heavy atom. The van der Waals surface area contributed by atoms with Crippen molar-refractivity contribution in [2.75, 3.05) is 0 Å². The molecule has 26 heavy (non-hydrogen) atoms. The van der Waals surface area contributed by atoms with Gasteiger partial charge >= 0.3 is 0 Å². The largest absolute Gasteiger partial charge is 0.508 e. The number of phenols is 2. The van der Waals surface area contributed by atoms with Gasteiger partial charge in [0.15, 0.2) is 0 Å². The van der Waals surface area contributed by atoms with Crippen LogP contribution in [0.2, 0.25) is 0 Å². The van der Waals surface area contributed by atoms with E-state index in [0.29, 0.717) is 29.7 Å². The Morgan fingerprint density at radius 2 is 2.08 bits per heavy atom. The summed E-state index contributed by atoms with van der Waals surface area (Å²) in [4.78, 5) is 12.5. The van der Waals surface area contributed by atoms with Crippen LogP contribution in [0.4, 0.5) is 0 Å². The van der Waals surface area contributed by atoms with E-state index in [1.807, 2.05) is 32.1 Å². The first-order valence-electron chi connectivity index (χ1n) is 8.95. The lowest BCUT2D eigenvalue weighted by Crippen LogP contribution is -2.46. The first kappa shape index (κ1) is 19.7. The van der Waals surface area contributed by atoms with Crippen molar-refractivity contribution in [1.29, 1.82) is 0 Å². The summed E-state index contributed by atoms with van der Waals surface area (Å²) in [6.07, 6.45) is 10.1. The molecule has 0 saturated heterocycles. The molecule has 0 aromatic heterocycles. The molecular formula is C20H27N3O3. The summed E-state index contributed by atoms with van der Waals surface area (Å²) in [7, 11) is 0. The first-order valence-corrected chi connectivity index (χ1v) is 8.95. The molecule has 0 saturated carbocycles. The molecule has 2 atom stereocenters. The molecule has 1 aromatic carbocycles. The standard InChI is InChI=1S/C20H27N3O3/c1-4-16(15-11-12-18(24)13(3)19(15)25)22-23-20(26)17(5-2)21-14-9-7-6-8-10-14/h6-9,11-12,14,17,21,24-25H,4-5,10H2,1-3H3,(H,23,26)/b22-16+. The third-order valence-corrected chi connectivity index (χ3v) is 4.47. The van der Waals surface area contributed by atoms with Crippen molar-refractivity contribution in [3.63, 3.8) is 0 Å². The molecule has 0 radical (unpaired) electrons. The molecule has 2 rings (SSSR count). The number of hydrazone groups is 1. The van der Waals surface area contributed by atoms with Crippen molar-refractivity contribution in [3.05, 3.63) is 47.6 Å². The van der Waals surface area contributed by atoms with Gasteiger partial charge in [0.2, 0.25) is 0 Å². The third kappa shape index (κ3) is 4.73. The SMILES string of the molecule is CC/C(=N\NC(=O)C(CC)NC1C=CC=CC1)c1ccc(O)c(C)c1O. The topological polar surface area (TPSA) is 94.0 Å². The monoisotopic (exact) mass is 357 g/mol. The van der Waals surface area contributed by atoms with Crippen molar-refractivity contribution in [3.8, 4) is 11.5 Å². The molecule has 1 aromatic rings. The van der Waals surface area contributed by atoms with E-state index in [1.54, 1.807) is 13.0 Å². The predicted octanol–water partition coefficient (Wildman–Crippen LogP) is 2.89. The van der Waals surface area contributed by atoms with Crippen molar-refractivity contribution in [1.82, 2.24) is 10.7 Å². The molecule has 140 valence electrons. The Labute approximate surface area is 154 Å². The number of benzene rings is 1. The van der Waals surface area contributed by atoms with E-state index in [-0.39, 0.29) is 29.5 Å². The molecule has 2 unspecified atom stereocenters. The van der Waals surface area contributed by atoms with Crippen molar-refractivity contribution in [2.24, 2.45) is 5.10 Å². The number of carbonyl (C=O) groups is 1. The number of nitrogens with one attached hydrogen (secondary N) is 2. The number of nitrogens with zero attached hydrogens (tertiary/aromatic N) is 1. The van der Waals surface area contributed by atoms with Crippen molar-refractivity contribution >= 4 is 11.6 Å². The minimum atomic E-state index is -0.354. The molecule has 0 heterocycles. The fraction of sp³-hybridized carbons (Fsp3) is 0.400. The maximum Gasteiger partial charge on any atom is 0.257 e. The van der Waals surface area contributed by atoms with Gasteiger partial charge in [0.05, 0.1) is 11.8 Å². The summed E-state index contributed by atoms with van der Waals surface area (Å²) in [5.74, 6) is -0.212. The normalized spacial score (nSPS) is 18.0. The molecule has 4 N–H and O–H groups in total. The van der Waals surface area contributed by atoms with Gasteiger partial charge in [-0.3, -0.25) is 10.1 Å². The predicted molar refractivity (Wildman–Crippen MR) is 103 cm³/mol. The quantitative estimate of drug-likeness (QED) is 0.446. The lowest BCUT2D eigenvalue weighted by molar-refractivity contribution is -0.123. The second-order valence-corrected chi connectivity index (χ2v) is 6.28. The number of carbonyl (C=O) groups excluding carboxylic acids is 1. The van der Waals surface area contributed by atoms with Crippen LogP contribution in [-0.2, 0) is 4.79 Å². The van der Waals surface area contributed by atoms with Gasteiger partial charge in [0, 0.05) is 17.2 Å². The fourth-order valence-electron chi connectivity index (χ4n) is 2.79. The second kappa shape index (κ2) is 9.20. The Morgan fingerprint density at radius 3 is 2.69 bits per heavy atom. The second-order valence-electron chi connectivity index (χ2n) is 6.28. The summed E-state index contributed by atoms with van der Waals surface area (Å²) in [5.41, 5.74) is 4.05. The summed E-state index contributed by atoms with van der Waals surface area (Å²) in [6.45, 7) is 5.46. The van der Waals surface area contributed by atoms with E-state index < -0.39 is 0 Å². The van der Waals surface area contributed by atoms with Crippen LogP contribution >= 0.6 is 0 Å². The van der Waals surface area contributed by atoms with E-state index in [9.17, 15) is 15.0 Å². The zero-order valence-corrected chi connectivity index (χ0v) is 15.5. The molecule has 0 fully saturated rings. The van der Waals surface area contributed by atoms with E-state index >= 15 is 0 Å². The smallest absolute Gasteiger partial charge is 0.257 e. The number of amides is 1. The summed E-state index contributed by atoms with van der Waals surface area (Å²) >= 11 is 0. The van der Waals surface area contributed by atoms with Gasteiger partial charge in [-0.05, 0) is 38.3 Å². The summed E-state index contributed by atoms with van der Waals surface area (Å²) < 4.78 is 0. The molecule has 6 heteroatoms. The van der Waals surface area contributed by atoms with Gasteiger partial charge in [-0.15, -0.1) is 0 Å². The molecule has 6 nitrogen and oxygen atoms in total. The van der Waals surface area contributed by atoms with E-state index in [1.165, 1.54) is 6.07 Å². The van der Waals surface area contributed by atoms with Crippen LogP contribution in [0, 0.1) is 6.92 Å². The van der Waals surface area contributed by atoms with Crippen LogP contribution in [0.15, 0.2) is 41.5 Å². The van der Waals surface area contributed by atoms with Gasteiger partial charge in [-0.25, -0.2) is 5.43 Å². The molecule has 0 spiro atoms. The zero-order chi connectivity index (χ0) is 19.1. The lowest BCUT2D eigenvalue weighted by Gasteiger charge is -2.22. The van der Waals surface area contributed by atoms with Gasteiger partial charge in [-0.2, -0.15) is 5.10 Å². The van der Waals surface area contributed by atoms with Crippen LogP contribution in [0.3, 0.4) is 0 Å². The fourth-order valence-corrected chi connectivity index (χ4v) is 2.79. The third-order valence-electron chi connectivity index (χ3n) is 4.47. The summed E-state index contributed by atoms with van der Waals surface area (Å²) in [5, 5.41) is 27.4. The average Bonchev–Trinajstić information content (AvgIpc) is 2.66. The Hall–Kier alpha value is -2.60. The van der Waals surface area contributed by atoms with E-state index in [0.717, 1.165) is 6.42 Å². The van der Waals surface area contributed by atoms with Gasteiger partial charge in [-0.1, -0.05) is 38.2 Å². The number of hydrogen-bond donors (Lipinski definition) is 4. The highest BCUT2D eigenvalue weighted by molar-refractivity contribution is 6.03. The van der Waals surface area contributed by atoms with E-state index in [4.69, 9.17) is 0 Å². The number of hydrogen-bond acceptors (Lipinski definition) is 5. The molecule has 0 aliphatic heterocycles. The molecule has 1 amide bonds. The van der Waals surface area contributed by atoms with E-state index in [2.05, 4.69) is 21.9 Å². The van der Waals surface area contributed by atoms with Gasteiger partial charge in [0.25, 0.3) is 5.91 Å². The minimum Gasteiger partial charge on any atom is -0.508 e. The maximum atomic E-state index is 12.5. The zero-order valence-electron chi connectivity index (χ0n) is 15.5. The Balaban J connectivity index is 2.09.